The molecule has 1 aromatic heterocycles. The van der Waals surface area contributed by atoms with E-state index in [0.29, 0.717) is 40.7 Å². The van der Waals surface area contributed by atoms with Gasteiger partial charge in [0.25, 0.3) is 5.91 Å². The second-order valence-electron chi connectivity index (χ2n) is 7.33. The number of phenols is 1. The Labute approximate surface area is 162 Å². The molecule has 6 heteroatoms. The van der Waals surface area contributed by atoms with Crippen molar-refractivity contribution >= 4 is 22.5 Å². The summed E-state index contributed by atoms with van der Waals surface area (Å²) in [4.78, 5) is 18.5. The van der Waals surface area contributed by atoms with Crippen LogP contribution in [0.2, 0.25) is 0 Å². The first-order valence-corrected chi connectivity index (χ1v) is 9.07. The van der Waals surface area contributed by atoms with Crippen molar-refractivity contribution in [2.75, 3.05) is 7.05 Å². The number of nitrogens with zero attached hydrogens (tertiary/aromatic N) is 3. The highest BCUT2D eigenvalue weighted by Crippen LogP contribution is 2.39. The number of amides is 1. The van der Waals surface area contributed by atoms with Gasteiger partial charge in [-0.05, 0) is 43.0 Å². The van der Waals surface area contributed by atoms with E-state index in [1.807, 2.05) is 13.0 Å². The van der Waals surface area contributed by atoms with Gasteiger partial charge < -0.3 is 15.2 Å². The number of hydrogen-bond acceptors (Lipinski definition) is 5. The van der Waals surface area contributed by atoms with E-state index >= 15 is 0 Å². The van der Waals surface area contributed by atoms with E-state index in [9.17, 15) is 15.1 Å². The molecule has 142 valence electrons. The Morgan fingerprint density at radius 3 is 2.64 bits per heavy atom. The number of aryl methyl sites for hydroxylation is 1. The zero-order valence-corrected chi connectivity index (χ0v) is 16.0. The lowest BCUT2D eigenvalue weighted by Crippen LogP contribution is -2.17. The van der Waals surface area contributed by atoms with Gasteiger partial charge in [0, 0.05) is 30.7 Å². The second kappa shape index (κ2) is 6.64. The van der Waals surface area contributed by atoms with Crippen molar-refractivity contribution in [3.05, 3.63) is 69.9 Å². The zero-order valence-electron chi connectivity index (χ0n) is 16.0. The molecule has 0 bridgehead atoms. The number of pyridine rings is 1. The lowest BCUT2D eigenvalue weighted by molar-refractivity contribution is 0.0814. The van der Waals surface area contributed by atoms with E-state index in [2.05, 4.69) is 34.4 Å². The molecule has 1 aliphatic rings. The molecule has 4 rings (SSSR count). The largest absolute Gasteiger partial charge is 0.505 e. The summed E-state index contributed by atoms with van der Waals surface area (Å²) < 4.78 is 0. The fourth-order valence-electron chi connectivity index (χ4n) is 3.83. The summed E-state index contributed by atoms with van der Waals surface area (Å²) in [5.41, 5.74) is 5.62. The van der Waals surface area contributed by atoms with Gasteiger partial charge in [-0.3, -0.25) is 9.78 Å². The van der Waals surface area contributed by atoms with Gasteiger partial charge in [0.2, 0.25) is 0 Å². The van der Waals surface area contributed by atoms with E-state index in [4.69, 9.17) is 0 Å². The Morgan fingerprint density at radius 2 is 1.96 bits per heavy atom. The Hall–Kier alpha value is -3.41. The van der Waals surface area contributed by atoms with Crippen molar-refractivity contribution in [3.8, 4) is 5.75 Å². The molecule has 6 nitrogen and oxygen atoms in total. The van der Waals surface area contributed by atoms with Crippen LogP contribution in [0.25, 0.3) is 10.9 Å². The van der Waals surface area contributed by atoms with E-state index in [1.54, 1.807) is 20.2 Å². The molecular weight excluding hydrogens is 354 g/mol. The van der Waals surface area contributed by atoms with Crippen LogP contribution in [0.1, 0.15) is 45.1 Å². The third-order valence-electron chi connectivity index (χ3n) is 5.27. The van der Waals surface area contributed by atoms with Crippen molar-refractivity contribution in [3.63, 3.8) is 0 Å². The molecule has 0 atom stereocenters. The minimum atomic E-state index is -0.257. The Bertz CT molecular complexity index is 1130. The highest BCUT2D eigenvalue weighted by molar-refractivity contribution is 6.17. The number of hydrogen-bond donors (Lipinski definition) is 2. The second-order valence-corrected chi connectivity index (χ2v) is 7.33. The Balaban J connectivity index is 1.93. The van der Waals surface area contributed by atoms with E-state index in [0.717, 1.165) is 11.1 Å². The molecular formula is C22H21N3O3. The molecule has 28 heavy (non-hydrogen) atoms. The number of carbonyl (C=O) groups excluding carboxylic acids is 1. The summed E-state index contributed by atoms with van der Waals surface area (Å²) in [6.45, 7) is 4.08. The van der Waals surface area contributed by atoms with Crippen LogP contribution in [0.5, 0.6) is 5.75 Å². The Kier molecular flexibility index (Phi) is 4.26. The molecule has 0 unspecified atom stereocenters. The highest BCUT2D eigenvalue weighted by atomic mass is 16.4. The van der Waals surface area contributed by atoms with Gasteiger partial charge in [-0.15, -0.1) is 0 Å². The average molecular weight is 375 g/mol. The van der Waals surface area contributed by atoms with Gasteiger partial charge in [0.1, 0.15) is 5.52 Å². The monoisotopic (exact) mass is 375 g/mol. The first kappa shape index (κ1) is 18.0. The predicted molar refractivity (Wildman–Crippen MR) is 107 cm³/mol. The van der Waals surface area contributed by atoms with Crippen LogP contribution >= 0.6 is 0 Å². The van der Waals surface area contributed by atoms with Crippen LogP contribution in [0.4, 0.5) is 0 Å². The molecule has 0 saturated heterocycles. The normalized spacial score (nSPS) is 14.0. The van der Waals surface area contributed by atoms with Gasteiger partial charge >= 0.3 is 0 Å². The highest BCUT2D eigenvalue weighted by Gasteiger charge is 2.33. The fraction of sp³-hybridized carbons (Fsp3) is 0.227. The number of aromatic hydroxyl groups is 1. The topological polar surface area (TPSA) is 86.0 Å². The van der Waals surface area contributed by atoms with Gasteiger partial charge in [0.05, 0.1) is 11.3 Å². The van der Waals surface area contributed by atoms with Gasteiger partial charge in [0.15, 0.2) is 5.75 Å². The van der Waals surface area contributed by atoms with Crippen molar-refractivity contribution in [1.82, 2.24) is 9.88 Å². The predicted octanol–water partition coefficient (Wildman–Crippen LogP) is 3.62. The maximum Gasteiger partial charge on any atom is 0.258 e. The fourth-order valence-corrected chi connectivity index (χ4v) is 3.83. The third kappa shape index (κ3) is 2.78. The van der Waals surface area contributed by atoms with Crippen LogP contribution in [-0.4, -0.2) is 38.9 Å². The van der Waals surface area contributed by atoms with Crippen molar-refractivity contribution < 1.29 is 15.1 Å². The minimum absolute atomic E-state index is 0.115. The summed E-state index contributed by atoms with van der Waals surface area (Å²) in [6, 6.07) is 10.2. The van der Waals surface area contributed by atoms with Crippen LogP contribution in [-0.2, 0) is 13.0 Å². The number of fused-ring (bicyclic) bond motifs is 2. The molecule has 0 aliphatic carbocycles. The number of oxime groups is 1. The summed E-state index contributed by atoms with van der Waals surface area (Å²) in [5, 5.41) is 24.2. The van der Waals surface area contributed by atoms with Crippen molar-refractivity contribution in [1.29, 1.82) is 0 Å². The molecule has 0 saturated carbocycles. The number of carbonyl (C=O) groups is 1. The number of phenolic OH excluding ortho intramolecular Hbond substituents is 1. The van der Waals surface area contributed by atoms with Gasteiger partial charge in [-0.1, -0.05) is 35.0 Å². The summed E-state index contributed by atoms with van der Waals surface area (Å²) in [6.07, 6.45) is 2.40. The number of rotatable bonds is 3. The molecule has 1 amide bonds. The van der Waals surface area contributed by atoms with Crippen LogP contribution in [0, 0.1) is 6.92 Å². The molecule has 2 N–H and O–H groups in total. The van der Waals surface area contributed by atoms with Crippen LogP contribution < -0.4 is 0 Å². The van der Waals surface area contributed by atoms with E-state index in [-0.39, 0.29) is 17.2 Å². The van der Waals surface area contributed by atoms with Gasteiger partial charge in [-0.25, -0.2) is 0 Å². The first-order valence-electron chi connectivity index (χ1n) is 9.07. The maximum absolute atomic E-state index is 12.5. The summed E-state index contributed by atoms with van der Waals surface area (Å²) in [7, 11) is 1.68. The van der Waals surface area contributed by atoms with Gasteiger partial charge in [-0.2, -0.15) is 0 Å². The van der Waals surface area contributed by atoms with E-state index in [1.165, 1.54) is 10.5 Å². The molecule has 0 spiro atoms. The first-order chi connectivity index (χ1) is 13.4. The third-order valence-corrected chi connectivity index (χ3v) is 5.27. The molecule has 0 fully saturated rings. The SMILES string of the molecule is C/C(=N\O)c1c2c(c(O)c3ncc(Cc4ccc(C)cc4)cc13)C(=O)N(C)C2. The quantitative estimate of drug-likeness (QED) is 0.416. The standard InChI is InChI=1S/C22H21N3O3/c1-12-4-6-14(7-5-12)8-15-9-16-18(13(2)24-28)17-11-25(3)22(27)19(17)21(26)20(16)23-10-15/h4-7,9-10,26,28H,8,11H2,1-3H3/b24-13+. The number of aromatic nitrogens is 1. The molecule has 0 radical (unpaired) electrons. The lowest BCUT2D eigenvalue weighted by atomic mass is 9.92. The molecule has 2 aromatic carbocycles. The number of benzene rings is 2. The van der Waals surface area contributed by atoms with Crippen LogP contribution in [0.3, 0.4) is 0 Å². The minimum Gasteiger partial charge on any atom is -0.505 e. The summed E-state index contributed by atoms with van der Waals surface area (Å²) in [5.74, 6) is -0.373. The average Bonchev–Trinajstić information content (AvgIpc) is 2.98. The molecule has 3 aromatic rings. The van der Waals surface area contributed by atoms with Crippen molar-refractivity contribution in [2.24, 2.45) is 5.16 Å². The summed E-state index contributed by atoms with van der Waals surface area (Å²) >= 11 is 0. The lowest BCUT2D eigenvalue weighted by Gasteiger charge is -2.14. The van der Waals surface area contributed by atoms with Crippen LogP contribution in [0.15, 0.2) is 41.7 Å². The maximum atomic E-state index is 12.5. The molecule has 1 aliphatic heterocycles. The Morgan fingerprint density at radius 1 is 1.25 bits per heavy atom. The molecule has 2 heterocycles. The van der Waals surface area contributed by atoms with E-state index < -0.39 is 0 Å². The van der Waals surface area contributed by atoms with Crippen molar-refractivity contribution in [2.45, 2.75) is 26.8 Å². The smallest absolute Gasteiger partial charge is 0.258 e. The zero-order chi connectivity index (χ0) is 20.0.